The van der Waals surface area contributed by atoms with Crippen molar-refractivity contribution in [3.8, 4) is 11.3 Å². The van der Waals surface area contributed by atoms with E-state index in [0.29, 0.717) is 18.4 Å². The van der Waals surface area contributed by atoms with Crippen LogP contribution in [0.5, 0.6) is 0 Å². The SMILES string of the molecule is CCC(C)(C)Cc1cnc(CCc2ccc(-c3cccc(C)n3)cc2F)[nH]1. The standard InChI is InChI=1S/C23H28FN3/c1-5-23(3,4)14-19-15-25-22(27-19)12-11-17-9-10-18(13-20(17)24)21-8-6-7-16(2)26-21/h6-10,13,15H,5,11-12,14H2,1-4H3,(H,25,27). The Labute approximate surface area is 161 Å². The zero-order valence-electron chi connectivity index (χ0n) is 16.6. The average Bonchev–Trinajstić information content (AvgIpc) is 3.07. The lowest BCUT2D eigenvalue weighted by atomic mass is 9.85. The minimum Gasteiger partial charge on any atom is -0.346 e. The smallest absolute Gasteiger partial charge is 0.127 e. The number of H-pyrrole nitrogens is 1. The van der Waals surface area contributed by atoms with Gasteiger partial charge in [0.05, 0.1) is 5.69 Å². The van der Waals surface area contributed by atoms with Gasteiger partial charge in [0.1, 0.15) is 11.6 Å². The van der Waals surface area contributed by atoms with Gasteiger partial charge in [-0.15, -0.1) is 0 Å². The minimum absolute atomic E-state index is 0.185. The van der Waals surface area contributed by atoms with Gasteiger partial charge >= 0.3 is 0 Å². The predicted octanol–water partition coefficient (Wildman–Crippen LogP) is 5.68. The number of aromatic amines is 1. The van der Waals surface area contributed by atoms with Gasteiger partial charge in [-0.05, 0) is 48.9 Å². The van der Waals surface area contributed by atoms with Gasteiger partial charge in [-0.3, -0.25) is 4.98 Å². The van der Waals surface area contributed by atoms with E-state index in [2.05, 4.69) is 35.7 Å². The van der Waals surface area contributed by atoms with Gasteiger partial charge in [-0.1, -0.05) is 45.4 Å². The molecular formula is C23H28FN3. The minimum atomic E-state index is -0.185. The molecule has 0 aliphatic rings. The van der Waals surface area contributed by atoms with E-state index in [-0.39, 0.29) is 11.2 Å². The molecule has 0 spiro atoms. The Hall–Kier alpha value is -2.49. The van der Waals surface area contributed by atoms with E-state index in [4.69, 9.17) is 0 Å². The van der Waals surface area contributed by atoms with Crippen LogP contribution in [0.25, 0.3) is 11.3 Å². The molecule has 0 aliphatic carbocycles. The second-order valence-electron chi connectivity index (χ2n) is 8.02. The zero-order valence-corrected chi connectivity index (χ0v) is 16.6. The molecule has 27 heavy (non-hydrogen) atoms. The van der Waals surface area contributed by atoms with Crippen molar-refractivity contribution in [1.29, 1.82) is 0 Å². The van der Waals surface area contributed by atoms with Crippen LogP contribution in [0.1, 0.15) is 50.0 Å². The topological polar surface area (TPSA) is 41.6 Å². The van der Waals surface area contributed by atoms with E-state index >= 15 is 0 Å². The Morgan fingerprint density at radius 3 is 2.63 bits per heavy atom. The number of nitrogens with one attached hydrogen (secondary N) is 1. The van der Waals surface area contributed by atoms with Crippen LogP contribution in [0.4, 0.5) is 4.39 Å². The largest absolute Gasteiger partial charge is 0.346 e. The average molecular weight is 365 g/mol. The molecule has 0 saturated carbocycles. The van der Waals surface area contributed by atoms with Gasteiger partial charge in [0.15, 0.2) is 0 Å². The van der Waals surface area contributed by atoms with Crippen molar-refractivity contribution in [1.82, 2.24) is 15.0 Å². The Morgan fingerprint density at radius 1 is 1.11 bits per heavy atom. The number of hydrogen-bond donors (Lipinski definition) is 1. The summed E-state index contributed by atoms with van der Waals surface area (Å²) in [6, 6.07) is 11.2. The van der Waals surface area contributed by atoms with E-state index in [9.17, 15) is 4.39 Å². The number of aryl methyl sites for hydroxylation is 3. The van der Waals surface area contributed by atoms with Crippen molar-refractivity contribution >= 4 is 0 Å². The lowest BCUT2D eigenvalue weighted by Gasteiger charge is -2.21. The van der Waals surface area contributed by atoms with Crippen LogP contribution in [0.3, 0.4) is 0 Å². The molecule has 2 aromatic heterocycles. The summed E-state index contributed by atoms with van der Waals surface area (Å²) in [5.41, 5.74) is 4.65. The highest BCUT2D eigenvalue weighted by molar-refractivity contribution is 5.59. The Morgan fingerprint density at radius 2 is 1.93 bits per heavy atom. The third-order valence-corrected chi connectivity index (χ3v) is 5.18. The Bertz CT molecular complexity index is 911. The zero-order chi connectivity index (χ0) is 19.4. The maximum absolute atomic E-state index is 14.6. The van der Waals surface area contributed by atoms with Crippen molar-refractivity contribution < 1.29 is 4.39 Å². The van der Waals surface area contributed by atoms with Crippen LogP contribution in [0.2, 0.25) is 0 Å². The summed E-state index contributed by atoms with van der Waals surface area (Å²) >= 11 is 0. The third-order valence-electron chi connectivity index (χ3n) is 5.18. The molecule has 1 aromatic carbocycles. The van der Waals surface area contributed by atoms with Gasteiger partial charge < -0.3 is 4.98 Å². The number of rotatable bonds is 7. The van der Waals surface area contributed by atoms with E-state index in [1.165, 1.54) is 0 Å². The lowest BCUT2D eigenvalue weighted by molar-refractivity contribution is 0.346. The van der Waals surface area contributed by atoms with Crippen LogP contribution in [0.15, 0.2) is 42.6 Å². The molecule has 1 N–H and O–H groups in total. The summed E-state index contributed by atoms with van der Waals surface area (Å²) in [6.45, 7) is 8.66. The summed E-state index contributed by atoms with van der Waals surface area (Å²) in [7, 11) is 0. The Balaban J connectivity index is 1.66. The summed E-state index contributed by atoms with van der Waals surface area (Å²) in [4.78, 5) is 12.3. The molecule has 0 amide bonds. The van der Waals surface area contributed by atoms with Gasteiger partial charge in [-0.25, -0.2) is 9.37 Å². The number of aromatic nitrogens is 3. The maximum atomic E-state index is 14.6. The number of halogens is 1. The summed E-state index contributed by atoms with van der Waals surface area (Å²) in [5.74, 6) is 0.732. The molecule has 4 heteroatoms. The Kier molecular flexibility index (Phi) is 5.73. The highest BCUT2D eigenvalue weighted by atomic mass is 19.1. The molecule has 0 radical (unpaired) electrons. The van der Waals surface area contributed by atoms with Crippen LogP contribution < -0.4 is 0 Å². The fourth-order valence-corrected chi connectivity index (χ4v) is 3.13. The molecule has 0 fully saturated rings. The van der Waals surface area contributed by atoms with Crippen molar-refractivity contribution in [2.75, 3.05) is 0 Å². The number of imidazole rings is 1. The van der Waals surface area contributed by atoms with Crippen molar-refractivity contribution in [2.45, 2.75) is 53.4 Å². The molecular weight excluding hydrogens is 337 g/mol. The van der Waals surface area contributed by atoms with Gasteiger partial charge in [-0.2, -0.15) is 0 Å². The van der Waals surface area contributed by atoms with Crippen molar-refractivity contribution in [3.05, 3.63) is 71.2 Å². The van der Waals surface area contributed by atoms with Crippen molar-refractivity contribution in [3.63, 3.8) is 0 Å². The van der Waals surface area contributed by atoms with Crippen LogP contribution in [-0.2, 0) is 19.3 Å². The number of benzene rings is 1. The summed E-state index contributed by atoms with van der Waals surface area (Å²) in [6.07, 6.45) is 5.33. The number of hydrogen-bond acceptors (Lipinski definition) is 2. The van der Waals surface area contributed by atoms with E-state index in [1.54, 1.807) is 6.07 Å². The second-order valence-corrected chi connectivity index (χ2v) is 8.02. The fraction of sp³-hybridized carbons (Fsp3) is 0.391. The quantitative estimate of drug-likeness (QED) is 0.585. The molecule has 0 saturated heterocycles. The van der Waals surface area contributed by atoms with E-state index in [1.807, 2.05) is 43.5 Å². The first-order valence-corrected chi connectivity index (χ1v) is 9.61. The first kappa shape index (κ1) is 19.3. The number of nitrogens with zero attached hydrogens (tertiary/aromatic N) is 2. The molecule has 2 heterocycles. The highest BCUT2D eigenvalue weighted by Crippen LogP contribution is 2.25. The van der Waals surface area contributed by atoms with Crippen molar-refractivity contribution in [2.24, 2.45) is 5.41 Å². The number of pyridine rings is 1. The van der Waals surface area contributed by atoms with Crippen LogP contribution >= 0.6 is 0 Å². The molecule has 0 atom stereocenters. The first-order chi connectivity index (χ1) is 12.9. The van der Waals surface area contributed by atoms with Gasteiger partial charge in [0.2, 0.25) is 0 Å². The normalized spacial score (nSPS) is 11.7. The van der Waals surface area contributed by atoms with Crippen LogP contribution in [0, 0.1) is 18.2 Å². The molecule has 0 aliphatic heterocycles. The predicted molar refractivity (Wildman–Crippen MR) is 108 cm³/mol. The maximum Gasteiger partial charge on any atom is 0.127 e. The molecule has 0 unspecified atom stereocenters. The summed E-state index contributed by atoms with van der Waals surface area (Å²) in [5, 5.41) is 0. The summed E-state index contributed by atoms with van der Waals surface area (Å²) < 4.78 is 14.6. The lowest BCUT2D eigenvalue weighted by Crippen LogP contribution is -2.13. The second kappa shape index (κ2) is 8.03. The monoisotopic (exact) mass is 365 g/mol. The molecule has 3 rings (SSSR count). The highest BCUT2D eigenvalue weighted by Gasteiger charge is 2.17. The third kappa shape index (κ3) is 5.03. The van der Waals surface area contributed by atoms with Gasteiger partial charge in [0.25, 0.3) is 0 Å². The van der Waals surface area contributed by atoms with Crippen LogP contribution in [-0.4, -0.2) is 15.0 Å². The van der Waals surface area contributed by atoms with Gasteiger partial charge in [0, 0.05) is 29.6 Å². The molecule has 0 bridgehead atoms. The molecule has 3 nitrogen and oxygen atoms in total. The van der Waals surface area contributed by atoms with E-state index in [0.717, 1.165) is 41.3 Å². The first-order valence-electron chi connectivity index (χ1n) is 9.61. The fourth-order valence-electron chi connectivity index (χ4n) is 3.13. The molecule has 142 valence electrons. The molecule has 3 aromatic rings. The van der Waals surface area contributed by atoms with E-state index < -0.39 is 0 Å².